The van der Waals surface area contributed by atoms with E-state index in [-0.39, 0.29) is 42.4 Å². The summed E-state index contributed by atoms with van der Waals surface area (Å²) in [7, 11) is 6.11. The lowest BCUT2D eigenvalue weighted by molar-refractivity contribution is -0.193. The van der Waals surface area contributed by atoms with E-state index in [1.807, 2.05) is 7.11 Å². The number of amides is 2. The highest BCUT2D eigenvalue weighted by molar-refractivity contribution is 5.83. The van der Waals surface area contributed by atoms with Crippen LogP contribution in [0.2, 0.25) is 0 Å². The molecule has 10 heteroatoms. The zero-order valence-corrected chi connectivity index (χ0v) is 34.3. The average Bonchev–Trinajstić information content (AvgIpc) is 3.52. The largest absolute Gasteiger partial charge is 0.394 e. The number of hydrogen-bond acceptors (Lipinski definition) is 8. The number of fused-ring (bicyclic) bond motifs is 2. The van der Waals surface area contributed by atoms with Crippen LogP contribution in [0.3, 0.4) is 0 Å². The van der Waals surface area contributed by atoms with Crippen LogP contribution in [0, 0.1) is 58.7 Å². The number of hydrogen-bond donors (Lipinski definition) is 4. The fourth-order valence-electron chi connectivity index (χ4n) is 12.6. The Hall–Kier alpha value is -1.30. The van der Waals surface area contributed by atoms with Crippen molar-refractivity contribution in [2.45, 2.75) is 160 Å². The predicted octanol–water partition coefficient (Wildman–Crippen LogP) is 5.40. The first kappa shape index (κ1) is 41.3. The molecule has 0 aromatic rings. The molecule has 7 rings (SSSR count). The Kier molecular flexibility index (Phi) is 13.9. The van der Waals surface area contributed by atoms with E-state index in [9.17, 15) is 19.8 Å². The molecule has 53 heavy (non-hydrogen) atoms. The van der Waals surface area contributed by atoms with Crippen molar-refractivity contribution >= 4 is 11.8 Å². The first-order valence-corrected chi connectivity index (χ1v) is 21.8. The molecule has 6 aliphatic carbocycles. The molecule has 7 fully saturated rings. The third-order valence-corrected chi connectivity index (χ3v) is 16.0. The van der Waals surface area contributed by atoms with Crippen LogP contribution in [0.25, 0.3) is 0 Å². The molecular weight excluding hydrogens is 668 g/mol. The van der Waals surface area contributed by atoms with Crippen molar-refractivity contribution in [2.24, 2.45) is 58.7 Å². The van der Waals surface area contributed by atoms with Crippen LogP contribution in [0.4, 0.5) is 0 Å². The van der Waals surface area contributed by atoms with Gasteiger partial charge in [0.25, 0.3) is 0 Å². The Labute approximate surface area is 321 Å². The Morgan fingerprint density at radius 1 is 1.00 bits per heavy atom. The Bertz CT molecular complexity index is 1210. The van der Waals surface area contributed by atoms with Crippen molar-refractivity contribution in [3.05, 3.63) is 0 Å². The third-order valence-electron chi connectivity index (χ3n) is 16.0. The highest BCUT2D eigenvalue weighted by atomic mass is 16.7. The van der Waals surface area contributed by atoms with Crippen LogP contribution in [0.15, 0.2) is 0 Å². The van der Waals surface area contributed by atoms with Gasteiger partial charge in [0.1, 0.15) is 12.1 Å². The molecule has 1 aliphatic heterocycles. The molecule has 14 atom stereocenters. The molecule has 2 amide bonds. The lowest BCUT2D eigenvalue weighted by Crippen LogP contribution is -2.62. The molecule has 6 unspecified atom stereocenters. The van der Waals surface area contributed by atoms with Crippen LogP contribution in [-0.4, -0.2) is 109 Å². The fourth-order valence-corrected chi connectivity index (χ4v) is 12.6. The zero-order valence-electron chi connectivity index (χ0n) is 34.3. The highest BCUT2D eigenvalue weighted by Gasteiger charge is 2.58. The number of nitrogens with one attached hydrogen (secondary N) is 2. The Morgan fingerprint density at radius 3 is 2.40 bits per heavy atom. The zero-order chi connectivity index (χ0) is 38.0. The van der Waals surface area contributed by atoms with Crippen molar-refractivity contribution in [3.8, 4) is 0 Å². The minimum Gasteiger partial charge on any atom is -0.394 e. The van der Waals surface area contributed by atoms with Gasteiger partial charge in [-0.15, -0.1) is 0 Å². The lowest BCUT2D eigenvalue weighted by Gasteiger charge is -2.62. The first-order valence-electron chi connectivity index (χ1n) is 21.8. The standard InChI is InChI=1S/C43H76N4O6/c1-26-35-22-32(43(35,3)4)23-36(26)45-42(51)39-38(27(2)49)37(25-48)53-47(39)24-29-16-11-17-34(40(29)52-7)30-19-31(21-33(20-30)46(5)6)41(50)44-18-12-15-28-13-9-8-10-14-28/h26-40,48-49H,8-25H2,1-7H3,(H,44,50)(H,45,51)/t26-,27-,29?,30?,31?,32+,33?,34?,35-,36-,37-,38+,39-,40?/m0/s1. The van der Waals surface area contributed by atoms with Crippen LogP contribution in [0.1, 0.15) is 124 Å². The quantitative estimate of drug-likeness (QED) is 0.175. The molecule has 2 bridgehead atoms. The van der Waals surface area contributed by atoms with Crippen molar-refractivity contribution in [1.82, 2.24) is 20.6 Å². The maximum atomic E-state index is 14.3. The van der Waals surface area contributed by atoms with Crippen molar-refractivity contribution in [3.63, 3.8) is 0 Å². The molecular formula is C43H76N4O6. The smallest absolute Gasteiger partial charge is 0.240 e. The van der Waals surface area contributed by atoms with Gasteiger partial charge in [0.2, 0.25) is 11.8 Å². The molecule has 0 radical (unpaired) electrons. The lowest BCUT2D eigenvalue weighted by atomic mass is 9.45. The molecule has 7 aliphatic rings. The minimum atomic E-state index is -0.818. The highest BCUT2D eigenvalue weighted by Crippen LogP contribution is 2.61. The number of carbonyl (C=O) groups excluding carboxylic acids is 2. The van der Waals surface area contributed by atoms with E-state index < -0.39 is 24.2 Å². The predicted molar refractivity (Wildman–Crippen MR) is 207 cm³/mol. The number of aliphatic hydroxyl groups excluding tert-OH is 2. The number of aliphatic hydroxyl groups is 2. The Morgan fingerprint density at radius 2 is 1.75 bits per heavy atom. The summed E-state index contributed by atoms with van der Waals surface area (Å²) in [5, 5.41) is 30.0. The van der Waals surface area contributed by atoms with Crippen LogP contribution >= 0.6 is 0 Å². The van der Waals surface area contributed by atoms with Crippen molar-refractivity contribution in [1.29, 1.82) is 0 Å². The van der Waals surface area contributed by atoms with Gasteiger partial charge in [-0.2, -0.15) is 5.06 Å². The molecule has 0 spiro atoms. The van der Waals surface area contributed by atoms with E-state index in [4.69, 9.17) is 9.57 Å². The number of methoxy groups -OCH3 is 1. The summed E-state index contributed by atoms with van der Waals surface area (Å²) in [5.41, 5.74) is 0.322. The summed E-state index contributed by atoms with van der Waals surface area (Å²) >= 11 is 0. The topological polar surface area (TPSA) is 124 Å². The summed E-state index contributed by atoms with van der Waals surface area (Å²) in [6.07, 6.45) is 15.7. The van der Waals surface area contributed by atoms with Crippen LogP contribution in [-0.2, 0) is 19.2 Å². The van der Waals surface area contributed by atoms with Gasteiger partial charge in [0, 0.05) is 50.0 Å². The van der Waals surface area contributed by atoms with Gasteiger partial charge >= 0.3 is 0 Å². The summed E-state index contributed by atoms with van der Waals surface area (Å²) in [4.78, 5) is 36.7. The number of nitrogens with zero attached hydrogens (tertiary/aromatic N) is 2. The van der Waals surface area contributed by atoms with E-state index in [1.165, 1.54) is 44.9 Å². The second-order valence-electron chi connectivity index (χ2n) is 19.5. The maximum absolute atomic E-state index is 14.3. The van der Waals surface area contributed by atoms with Crippen LogP contribution in [0.5, 0.6) is 0 Å². The molecule has 304 valence electrons. The molecule has 0 aromatic heterocycles. The van der Waals surface area contributed by atoms with Gasteiger partial charge in [0.05, 0.1) is 18.8 Å². The van der Waals surface area contributed by atoms with Gasteiger partial charge in [-0.1, -0.05) is 59.3 Å². The molecule has 6 saturated carbocycles. The van der Waals surface area contributed by atoms with E-state index in [0.29, 0.717) is 47.6 Å². The third kappa shape index (κ3) is 8.98. The van der Waals surface area contributed by atoms with E-state index in [0.717, 1.165) is 63.8 Å². The summed E-state index contributed by atoms with van der Waals surface area (Å²) in [5.74, 6) is 2.82. The molecule has 1 saturated heterocycles. The number of rotatable bonds is 14. The average molecular weight is 745 g/mol. The van der Waals surface area contributed by atoms with Crippen molar-refractivity contribution < 1.29 is 29.4 Å². The summed E-state index contributed by atoms with van der Waals surface area (Å²) in [6, 6.07) is -0.245. The number of ether oxygens (including phenoxy) is 1. The summed E-state index contributed by atoms with van der Waals surface area (Å²) in [6.45, 7) is 9.75. The SMILES string of the molecule is COC1C(CN2O[C@@H](CO)[C@@H]([C@H](C)O)[C@H]2C(=O)N[C@H]2C[C@H]3C[C@@H]([C@@H]2C)C3(C)C)CCCC1C1CC(C(=O)NCCCC2CCCCC2)CC(N(C)C)C1. The maximum Gasteiger partial charge on any atom is 0.240 e. The van der Waals surface area contributed by atoms with Gasteiger partial charge in [0.15, 0.2) is 0 Å². The van der Waals surface area contributed by atoms with E-state index in [2.05, 4.69) is 50.4 Å². The monoisotopic (exact) mass is 745 g/mol. The van der Waals surface area contributed by atoms with E-state index >= 15 is 0 Å². The molecule has 4 N–H and O–H groups in total. The number of hydroxylamine groups is 2. The molecule has 1 heterocycles. The number of carbonyl (C=O) groups is 2. The van der Waals surface area contributed by atoms with Gasteiger partial charge in [-0.05, 0) is 120 Å². The van der Waals surface area contributed by atoms with Gasteiger partial charge in [-0.25, -0.2) is 0 Å². The van der Waals surface area contributed by atoms with Gasteiger partial charge in [-0.3, -0.25) is 14.4 Å². The van der Waals surface area contributed by atoms with E-state index in [1.54, 1.807) is 12.0 Å². The van der Waals surface area contributed by atoms with Gasteiger partial charge < -0.3 is 30.5 Å². The summed E-state index contributed by atoms with van der Waals surface area (Å²) < 4.78 is 6.41. The molecule has 10 nitrogen and oxygen atoms in total. The minimum absolute atomic E-state index is 0.000363. The first-order chi connectivity index (χ1) is 25.3. The van der Waals surface area contributed by atoms with Crippen LogP contribution < -0.4 is 10.6 Å². The molecule has 0 aromatic carbocycles. The fraction of sp³-hybridized carbons (Fsp3) is 0.953. The second-order valence-corrected chi connectivity index (χ2v) is 19.5. The normalized spacial score (nSPS) is 41.1. The second kappa shape index (κ2) is 17.9. The Balaban J connectivity index is 1.11. The van der Waals surface area contributed by atoms with Crippen molar-refractivity contribution in [2.75, 3.05) is 40.9 Å².